The minimum atomic E-state index is -0.939. The average molecular weight is 375 g/mol. The van der Waals surface area contributed by atoms with Crippen molar-refractivity contribution in [2.75, 3.05) is 13.1 Å². The van der Waals surface area contributed by atoms with E-state index in [9.17, 15) is 19.5 Å². The van der Waals surface area contributed by atoms with Crippen LogP contribution in [0.1, 0.15) is 39.2 Å². The maximum absolute atomic E-state index is 13.0. The molecule has 1 aromatic carbocycles. The molecule has 148 valence electrons. The molecule has 3 N–H and O–H groups in total. The number of hydrogen-bond acceptors (Lipinski definition) is 3. The molecular weight excluding hydrogens is 346 g/mol. The normalized spacial score (nSPS) is 20.8. The predicted molar refractivity (Wildman–Crippen MR) is 102 cm³/mol. The summed E-state index contributed by atoms with van der Waals surface area (Å²) in [6.45, 7) is 6.43. The fraction of sp³-hybridized carbons (Fsp3) is 0.550. The largest absolute Gasteiger partial charge is 0.481 e. The van der Waals surface area contributed by atoms with Crippen molar-refractivity contribution in [3.05, 3.63) is 35.9 Å². The Labute approximate surface area is 160 Å². The Bertz CT molecular complexity index is 677. The maximum atomic E-state index is 13.0. The van der Waals surface area contributed by atoms with Crippen molar-refractivity contribution < 1.29 is 19.5 Å². The Morgan fingerprint density at radius 1 is 1.22 bits per heavy atom. The van der Waals surface area contributed by atoms with Gasteiger partial charge in [-0.05, 0) is 31.2 Å². The number of urea groups is 1. The van der Waals surface area contributed by atoms with Gasteiger partial charge in [0.15, 0.2) is 0 Å². The van der Waals surface area contributed by atoms with Gasteiger partial charge in [-0.3, -0.25) is 9.59 Å². The van der Waals surface area contributed by atoms with Crippen LogP contribution in [-0.4, -0.2) is 47.0 Å². The molecule has 0 saturated carbocycles. The Hall–Kier alpha value is -2.57. The molecule has 3 amide bonds. The number of amides is 3. The second-order valence-electron chi connectivity index (χ2n) is 7.76. The molecule has 2 atom stereocenters. The highest BCUT2D eigenvalue weighted by molar-refractivity contribution is 5.88. The number of nitrogens with one attached hydrogen (secondary N) is 2. The van der Waals surface area contributed by atoms with E-state index in [0.29, 0.717) is 25.9 Å². The van der Waals surface area contributed by atoms with Gasteiger partial charge in [-0.25, -0.2) is 4.79 Å². The molecule has 1 heterocycles. The standard InChI is InChI=1S/C20H29N3O4/c1-14(2)16(22-19(27)21-12-15-8-5-4-6-9-15)17(24)23-11-7-10-20(3,13-23)18(25)26/h4-6,8-9,14,16H,7,10-13H2,1-3H3,(H,25,26)(H2,21,22,27). The number of benzene rings is 1. The lowest BCUT2D eigenvalue weighted by molar-refractivity contribution is -0.154. The number of piperidine rings is 1. The number of aliphatic carboxylic acids is 1. The molecule has 2 unspecified atom stereocenters. The van der Waals surface area contributed by atoms with Crippen LogP contribution in [-0.2, 0) is 16.1 Å². The van der Waals surface area contributed by atoms with E-state index in [1.54, 1.807) is 11.8 Å². The summed E-state index contributed by atoms with van der Waals surface area (Å²) < 4.78 is 0. The van der Waals surface area contributed by atoms with E-state index in [-0.39, 0.29) is 18.4 Å². The van der Waals surface area contributed by atoms with Crippen LogP contribution in [0.2, 0.25) is 0 Å². The minimum absolute atomic E-state index is 0.113. The van der Waals surface area contributed by atoms with Crippen molar-refractivity contribution >= 4 is 17.9 Å². The Morgan fingerprint density at radius 3 is 2.48 bits per heavy atom. The van der Waals surface area contributed by atoms with Crippen molar-refractivity contribution in [2.24, 2.45) is 11.3 Å². The number of likely N-dealkylation sites (tertiary alicyclic amines) is 1. The Kier molecular flexibility index (Phi) is 6.82. The van der Waals surface area contributed by atoms with Crippen LogP contribution in [0.4, 0.5) is 4.79 Å². The first-order chi connectivity index (χ1) is 12.7. The van der Waals surface area contributed by atoms with Gasteiger partial charge in [0.25, 0.3) is 0 Å². The zero-order chi connectivity index (χ0) is 20.0. The van der Waals surface area contributed by atoms with Gasteiger partial charge in [0.05, 0.1) is 5.41 Å². The van der Waals surface area contributed by atoms with Crippen molar-refractivity contribution in [3.8, 4) is 0 Å². The molecule has 0 aromatic heterocycles. The molecule has 7 heteroatoms. The first-order valence-electron chi connectivity index (χ1n) is 9.33. The van der Waals surface area contributed by atoms with Crippen molar-refractivity contribution in [1.29, 1.82) is 0 Å². The number of rotatable bonds is 6. The quantitative estimate of drug-likeness (QED) is 0.710. The van der Waals surface area contributed by atoms with Gasteiger partial charge in [-0.2, -0.15) is 0 Å². The molecular formula is C20H29N3O4. The molecule has 0 bridgehead atoms. The van der Waals surface area contributed by atoms with E-state index in [0.717, 1.165) is 5.56 Å². The number of carboxylic acid groups (broad SMARTS) is 1. The fourth-order valence-corrected chi connectivity index (χ4v) is 3.28. The fourth-order valence-electron chi connectivity index (χ4n) is 3.28. The molecule has 27 heavy (non-hydrogen) atoms. The minimum Gasteiger partial charge on any atom is -0.481 e. The number of carboxylic acids is 1. The monoisotopic (exact) mass is 375 g/mol. The zero-order valence-electron chi connectivity index (χ0n) is 16.2. The smallest absolute Gasteiger partial charge is 0.315 e. The van der Waals surface area contributed by atoms with Crippen molar-refractivity contribution in [3.63, 3.8) is 0 Å². The van der Waals surface area contributed by atoms with Crippen LogP contribution in [0, 0.1) is 11.3 Å². The molecule has 7 nitrogen and oxygen atoms in total. The van der Waals surface area contributed by atoms with Gasteiger partial charge >= 0.3 is 12.0 Å². The van der Waals surface area contributed by atoms with Gasteiger partial charge in [-0.1, -0.05) is 44.2 Å². The number of hydrogen-bond donors (Lipinski definition) is 3. The van der Waals surface area contributed by atoms with Gasteiger partial charge in [0.1, 0.15) is 6.04 Å². The van der Waals surface area contributed by atoms with Crippen LogP contribution in [0.3, 0.4) is 0 Å². The molecule has 1 saturated heterocycles. The van der Waals surface area contributed by atoms with Crippen LogP contribution >= 0.6 is 0 Å². The van der Waals surface area contributed by atoms with Crippen LogP contribution in [0.5, 0.6) is 0 Å². The third-order valence-electron chi connectivity index (χ3n) is 5.04. The summed E-state index contributed by atoms with van der Waals surface area (Å²) in [5.41, 5.74) is 0.0266. The predicted octanol–water partition coefficient (Wildman–Crippen LogP) is 2.22. The van der Waals surface area contributed by atoms with E-state index in [1.807, 2.05) is 44.2 Å². The van der Waals surface area contributed by atoms with Gasteiger partial charge in [0, 0.05) is 19.6 Å². The molecule has 1 aliphatic heterocycles. The summed E-state index contributed by atoms with van der Waals surface area (Å²) in [5, 5.41) is 15.0. The summed E-state index contributed by atoms with van der Waals surface area (Å²) in [4.78, 5) is 38.3. The lowest BCUT2D eigenvalue weighted by Gasteiger charge is -2.39. The maximum Gasteiger partial charge on any atom is 0.315 e. The van der Waals surface area contributed by atoms with Gasteiger partial charge in [-0.15, -0.1) is 0 Å². The van der Waals surface area contributed by atoms with E-state index in [4.69, 9.17) is 0 Å². The molecule has 2 rings (SSSR count). The molecule has 0 radical (unpaired) electrons. The topological polar surface area (TPSA) is 98.7 Å². The molecule has 0 aliphatic carbocycles. The van der Waals surface area contributed by atoms with Crippen LogP contribution in [0.25, 0.3) is 0 Å². The van der Waals surface area contributed by atoms with Crippen LogP contribution < -0.4 is 10.6 Å². The molecule has 1 fully saturated rings. The molecule has 1 aromatic rings. The number of carbonyl (C=O) groups excluding carboxylic acids is 2. The first kappa shape index (κ1) is 20.7. The third-order valence-corrected chi connectivity index (χ3v) is 5.04. The number of carbonyl (C=O) groups is 3. The van der Waals surface area contributed by atoms with Gasteiger partial charge < -0.3 is 20.6 Å². The average Bonchev–Trinajstić information content (AvgIpc) is 2.64. The summed E-state index contributed by atoms with van der Waals surface area (Å²) in [6, 6.07) is 8.40. The van der Waals surface area contributed by atoms with E-state index in [2.05, 4.69) is 10.6 Å². The number of nitrogens with zero attached hydrogens (tertiary/aromatic N) is 1. The summed E-state index contributed by atoms with van der Waals surface area (Å²) in [5.74, 6) is -1.24. The van der Waals surface area contributed by atoms with E-state index in [1.165, 1.54) is 0 Å². The van der Waals surface area contributed by atoms with E-state index >= 15 is 0 Å². The Balaban J connectivity index is 1.98. The second kappa shape index (κ2) is 8.88. The highest BCUT2D eigenvalue weighted by Crippen LogP contribution is 2.30. The second-order valence-corrected chi connectivity index (χ2v) is 7.76. The summed E-state index contributed by atoms with van der Waals surface area (Å²) in [6.07, 6.45) is 1.18. The molecule has 0 spiro atoms. The Morgan fingerprint density at radius 2 is 1.89 bits per heavy atom. The van der Waals surface area contributed by atoms with Crippen molar-refractivity contribution in [2.45, 2.75) is 46.2 Å². The summed E-state index contributed by atoms with van der Waals surface area (Å²) >= 11 is 0. The highest BCUT2D eigenvalue weighted by atomic mass is 16.4. The lowest BCUT2D eigenvalue weighted by atomic mass is 9.81. The lowest BCUT2D eigenvalue weighted by Crippen LogP contribution is -2.57. The SMILES string of the molecule is CC(C)C(NC(=O)NCc1ccccc1)C(=O)N1CCCC(C)(C(=O)O)C1. The van der Waals surface area contributed by atoms with Crippen LogP contribution in [0.15, 0.2) is 30.3 Å². The summed E-state index contributed by atoms with van der Waals surface area (Å²) in [7, 11) is 0. The van der Waals surface area contributed by atoms with E-state index < -0.39 is 23.5 Å². The third kappa shape index (κ3) is 5.45. The molecule has 1 aliphatic rings. The highest BCUT2D eigenvalue weighted by Gasteiger charge is 2.41. The zero-order valence-corrected chi connectivity index (χ0v) is 16.2. The van der Waals surface area contributed by atoms with Gasteiger partial charge in [0.2, 0.25) is 5.91 Å². The van der Waals surface area contributed by atoms with Crippen molar-refractivity contribution in [1.82, 2.24) is 15.5 Å². The first-order valence-corrected chi connectivity index (χ1v) is 9.33.